The summed E-state index contributed by atoms with van der Waals surface area (Å²) in [7, 11) is 1.79. The number of benzene rings is 1. The standard InChI is InChI=1S/C18H30N2O/c1-15(2)18-14-20(10-7-11-21-3)17(13-19-18)12-16-8-5-4-6-9-16/h4-6,8-9,15,17-19H,7,10-14H2,1-3H3. The van der Waals surface area contributed by atoms with Gasteiger partial charge in [-0.05, 0) is 24.3 Å². The van der Waals surface area contributed by atoms with Crippen LogP contribution < -0.4 is 5.32 Å². The number of rotatable bonds is 7. The van der Waals surface area contributed by atoms with E-state index >= 15 is 0 Å². The molecule has 1 aromatic rings. The highest BCUT2D eigenvalue weighted by Gasteiger charge is 2.28. The summed E-state index contributed by atoms with van der Waals surface area (Å²) in [5, 5.41) is 3.74. The van der Waals surface area contributed by atoms with Crippen molar-refractivity contribution < 1.29 is 4.74 Å². The first-order valence-electron chi connectivity index (χ1n) is 8.21. The molecule has 1 N–H and O–H groups in total. The van der Waals surface area contributed by atoms with E-state index in [2.05, 4.69) is 54.4 Å². The highest BCUT2D eigenvalue weighted by molar-refractivity contribution is 5.16. The second-order valence-corrected chi connectivity index (χ2v) is 6.44. The van der Waals surface area contributed by atoms with Crippen LogP contribution in [0.3, 0.4) is 0 Å². The highest BCUT2D eigenvalue weighted by Crippen LogP contribution is 2.17. The minimum atomic E-state index is 0.597. The summed E-state index contributed by atoms with van der Waals surface area (Å²) in [6.07, 6.45) is 2.25. The SMILES string of the molecule is COCCCN1CC(C(C)C)NCC1Cc1ccccc1. The summed E-state index contributed by atoms with van der Waals surface area (Å²) in [5.74, 6) is 0.688. The Kier molecular flexibility index (Phi) is 6.68. The molecule has 1 saturated heterocycles. The molecule has 0 spiro atoms. The number of nitrogens with one attached hydrogen (secondary N) is 1. The summed E-state index contributed by atoms with van der Waals surface area (Å²) >= 11 is 0. The van der Waals surface area contributed by atoms with Gasteiger partial charge in [0.15, 0.2) is 0 Å². The molecule has 2 unspecified atom stereocenters. The van der Waals surface area contributed by atoms with Gasteiger partial charge in [-0.1, -0.05) is 44.2 Å². The molecular formula is C18H30N2O. The first-order chi connectivity index (χ1) is 10.2. The third-order valence-corrected chi connectivity index (χ3v) is 4.48. The van der Waals surface area contributed by atoms with Gasteiger partial charge in [0.2, 0.25) is 0 Å². The maximum Gasteiger partial charge on any atom is 0.0474 e. The molecule has 21 heavy (non-hydrogen) atoms. The lowest BCUT2D eigenvalue weighted by Crippen LogP contribution is -2.58. The van der Waals surface area contributed by atoms with Crippen molar-refractivity contribution in [3.8, 4) is 0 Å². The molecule has 1 aliphatic heterocycles. The number of hydrogen-bond acceptors (Lipinski definition) is 3. The van der Waals surface area contributed by atoms with Gasteiger partial charge in [0, 0.05) is 45.4 Å². The van der Waals surface area contributed by atoms with E-state index in [0.717, 1.165) is 39.1 Å². The van der Waals surface area contributed by atoms with Crippen molar-refractivity contribution in [3.63, 3.8) is 0 Å². The van der Waals surface area contributed by atoms with Crippen LogP contribution in [0.4, 0.5) is 0 Å². The first-order valence-corrected chi connectivity index (χ1v) is 8.21. The monoisotopic (exact) mass is 290 g/mol. The predicted molar refractivity (Wildman–Crippen MR) is 88.6 cm³/mol. The molecule has 1 aromatic carbocycles. The summed E-state index contributed by atoms with van der Waals surface area (Å²) in [6, 6.07) is 12.0. The van der Waals surface area contributed by atoms with Crippen LogP contribution in [0.2, 0.25) is 0 Å². The van der Waals surface area contributed by atoms with E-state index in [1.165, 1.54) is 5.56 Å². The quantitative estimate of drug-likeness (QED) is 0.781. The summed E-state index contributed by atoms with van der Waals surface area (Å²) in [4.78, 5) is 2.66. The zero-order chi connectivity index (χ0) is 15.1. The zero-order valence-corrected chi connectivity index (χ0v) is 13.7. The Morgan fingerprint density at radius 1 is 1.29 bits per heavy atom. The van der Waals surface area contributed by atoms with Crippen LogP contribution in [0, 0.1) is 5.92 Å². The van der Waals surface area contributed by atoms with Crippen LogP contribution in [0.1, 0.15) is 25.8 Å². The Balaban J connectivity index is 1.96. The van der Waals surface area contributed by atoms with Crippen molar-refractivity contribution >= 4 is 0 Å². The van der Waals surface area contributed by atoms with Gasteiger partial charge in [-0.2, -0.15) is 0 Å². The van der Waals surface area contributed by atoms with Gasteiger partial charge >= 0.3 is 0 Å². The van der Waals surface area contributed by atoms with Gasteiger partial charge in [-0.15, -0.1) is 0 Å². The zero-order valence-electron chi connectivity index (χ0n) is 13.7. The van der Waals surface area contributed by atoms with Crippen molar-refractivity contribution in [2.75, 3.05) is 33.4 Å². The molecule has 1 fully saturated rings. The third kappa shape index (κ3) is 5.10. The van der Waals surface area contributed by atoms with E-state index < -0.39 is 0 Å². The second-order valence-electron chi connectivity index (χ2n) is 6.44. The molecule has 0 bridgehead atoms. The van der Waals surface area contributed by atoms with E-state index in [4.69, 9.17) is 4.74 Å². The summed E-state index contributed by atoms with van der Waals surface area (Å²) in [6.45, 7) is 8.85. The summed E-state index contributed by atoms with van der Waals surface area (Å²) in [5.41, 5.74) is 1.43. The Hall–Kier alpha value is -0.900. The van der Waals surface area contributed by atoms with E-state index in [1.54, 1.807) is 7.11 Å². The van der Waals surface area contributed by atoms with Crippen LogP contribution in [0.5, 0.6) is 0 Å². The molecule has 3 nitrogen and oxygen atoms in total. The Bertz CT molecular complexity index is 393. The molecule has 0 saturated carbocycles. The molecule has 0 aliphatic carbocycles. The average molecular weight is 290 g/mol. The molecule has 1 aliphatic rings. The lowest BCUT2D eigenvalue weighted by Gasteiger charge is -2.42. The lowest BCUT2D eigenvalue weighted by molar-refractivity contribution is 0.0974. The first kappa shape index (κ1) is 16.5. The number of piperazine rings is 1. The molecule has 3 heteroatoms. The maximum atomic E-state index is 5.22. The molecule has 0 aromatic heterocycles. The average Bonchev–Trinajstić information content (AvgIpc) is 2.50. The fourth-order valence-electron chi connectivity index (χ4n) is 3.10. The van der Waals surface area contributed by atoms with Crippen LogP contribution in [-0.2, 0) is 11.2 Å². The Morgan fingerprint density at radius 3 is 2.71 bits per heavy atom. The van der Waals surface area contributed by atoms with E-state index in [1.807, 2.05) is 0 Å². The number of ether oxygens (including phenoxy) is 1. The Labute approximate surface area is 129 Å². The minimum absolute atomic E-state index is 0.597. The van der Waals surface area contributed by atoms with Crippen molar-refractivity contribution in [3.05, 3.63) is 35.9 Å². The molecule has 2 rings (SSSR count). The Morgan fingerprint density at radius 2 is 2.05 bits per heavy atom. The van der Waals surface area contributed by atoms with E-state index in [-0.39, 0.29) is 0 Å². The fourth-order valence-corrected chi connectivity index (χ4v) is 3.10. The summed E-state index contributed by atoms with van der Waals surface area (Å²) < 4.78 is 5.22. The topological polar surface area (TPSA) is 24.5 Å². The van der Waals surface area contributed by atoms with Crippen LogP contribution in [0.15, 0.2) is 30.3 Å². The van der Waals surface area contributed by atoms with Crippen molar-refractivity contribution in [2.45, 2.75) is 38.8 Å². The second kappa shape index (κ2) is 8.52. The van der Waals surface area contributed by atoms with Crippen LogP contribution in [-0.4, -0.2) is 50.3 Å². The maximum absolute atomic E-state index is 5.22. The van der Waals surface area contributed by atoms with Gasteiger partial charge in [0.25, 0.3) is 0 Å². The number of nitrogens with zero attached hydrogens (tertiary/aromatic N) is 1. The van der Waals surface area contributed by atoms with Crippen molar-refractivity contribution in [1.82, 2.24) is 10.2 Å². The van der Waals surface area contributed by atoms with E-state index in [9.17, 15) is 0 Å². The smallest absolute Gasteiger partial charge is 0.0474 e. The molecular weight excluding hydrogens is 260 g/mol. The predicted octanol–water partition coefficient (Wildman–Crippen LogP) is 2.56. The van der Waals surface area contributed by atoms with Gasteiger partial charge in [-0.3, -0.25) is 4.90 Å². The molecule has 0 amide bonds. The van der Waals surface area contributed by atoms with E-state index in [0.29, 0.717) is 18.0 Å². The molecule has 2 atom stereocenters. The largest absolute Gasteiger partial charge is 0.385 e. The number of methoxy groups -OCH3 is 1. The number of hydrogen-bond donors (Lipinski definition) is 1. The highest BCUT2D eigenvalue weighted by atomic mass is 16.5. The normalized spacial score (nSPS) is 23.6. The fraction of sp³-hybridized carbons (Fsp3) is 0.667. The van der Waals surface area contributed by atoms with Gasteiger partial charge < -0.3 is 10.1 Å². The van der Waals surface area contributed by atoms with Gasteiger partial charge in [0.1, 0.15) is 0 Å². The molecule has 118 valence electrons. The van der Waals surface area contributed by atoms with Gasteiger partial charge in [-0.25, -0.2) is 0 Å². The van der Waals surface area contributed by atoms with Crippen molar-refractivity contribution in [1.29, 1.82) is 0 Å². The lowest BCUT2D eigenvalue weighted by atomic mass is 9.96. The van der Waals surface area contributed by atoms with Crippen LogP contribution in [0.25, 0.3) is 0 Å². The van der Waals surface area contributed by atoms with Crippen LogP contribution >= 0.6 is 0 Å². The molecule has 1 heterocycles. The third-order valence-electron chi connectivity index (χ3n) is 4.48. The minimum Gasteiger partial charge on any atom is -0.385 e. The van der Waals surface area contributed by atoms with Gasteiger partial charge in [0.05, 0.1) is 0 Å². The molecule has 0 radical (unpaired) electrons. The van der Waals surface area contributed by atoms with Crippen molar-refractivity contribution in [2.24, 2.45) is 5.92 Å².